The molecule has 1 amide bonds. The van der Waals surface area contributed by atoms with Gasteiger partial charge in [-0.1, -0.05) is 24.3 Å². The molecule has 1 aliphatic rings. The number of pyridine rings is 1. The summed E-state index contributed by atoms with van der Waals surface area (Å²) in [6, 6.07) is 13.0. The third-order valence-corrected chi connectivity index (χ3v) is 6.10. The van der Waals surface area contributed by atoms with Crippen molar-refractivity contribution in [2.75, 3.05) is 33.3 Å². The molecule has 1 saturated heterocycles. The summed E-state index contributed by atoms with van der Waals surface area (Å²) in [4.78, 5) is 28.0. The van der Waals surface area contributed by atoms with Crippen LogP contribution in [0.2, 0.25) is 0 Å². The molecule has 33 heavy (non-hydrogen) atoms. The largest absolute Gasteiger partial charge is 0.497 e. The molecular formula is C26H31N3O4. The molecule has 7 heteroatoms. The zero-order valence-corrected chi connectivity index (χ0v) is 19.3. The molecule has 0 saturated carbocycles. The third kappa shape index (κ3) is 5.54. The van der Waals surface area contributed by atoms with Gasteiger partial charge in [0.1, 0.15) is 12.4 Å². The van der Waals surface area contributed by atoms with E-state index in [0.29, 0.717) is 11.9 Å². The summed E-state index contributed by atoms with van der Waals surface area (Å²) in [5.41, 5.74) is 2.35. The highest BCUT2D eigenvalue weighted by Crippen LogP contribution is 2.20. The summed E-state index contributed by atoms with van der Waals surface area (Å²) >= 11 is 0. The molecule has 1 aliphatic heterocycles. The number of aryl methyl sites for hydroxylation is 1. The van der Waals surface area contributed by atoms with Gasteiger partial charge in [-0.05, 0) is 55.3 Å². The van der Waals surface area contributed by atoms with Gasteiger partial charge in [-0.3, -0.25) is 9.59 Å². The molecular weight excluding hydrogens is 418 g/mol. The number of aromatic nitrogens is 1. The summed E-state index contributed by atoms with van der Waals surface area (Å²) in [6.07, 6.45) is 4.41. The number of para-hydroxylation sites is 1. The highest BCUT2D eigenvalue weighted by Gasteiger charge is 2.15. The Kier molecular flexibility index (Phi) is 7.29. The average molecular weight is 450 g/mol. The van der Waals surface area contributed by atoms with E-state index in [4.69, 9.17) is 9.47 Å². The predicted octanol–water partition coefficient (Wildman–Crippen LogP) is 2.88. The average Bonchev–Trinajstić information content (AvgIpc) is 3.34. The molecule has 2 heterocycles. The van der Waals surface area contributed by atoms with E-state index in [-0.39, 0.29) is 30.1 Å². The van der Waals surface area contributed by atoms with Crippen molar-refractivity contribution in [1.82, 2.24) is 14.8 Å². The monoisotopic (exact) mass is 449 g/mol. The molecule has 1 fully saturated rings. The predicted molar refractivity (Wildman–Crippen MR) is 129 cm³/mol. The standard InChI is InChI=1S/C26H31N3O4/c1-28-17-23(33-18-19-8-10-21(32-2)11-9-19)26(31)22-7-5-6-20(25(22)28)16-24(30)27-12-15-29-13-3-4-14-29/h5-11,17H,3-4,12-16,18H2,1-2H3,(H,27,30). The Morgan fingerprint density at radius 2 is 1.85 bits per heavy atom. The molecule has 0 spiro atoms. The Morgan fingerprint density at radius 1 is 1.09 bits per heavy atom. The van der Waals surface area contributed by atoms with Crippen molar-refractivity contribution in [3.05, 3.63) is 70.0 Å². The van der Waals surface area contributed by atoms with Crippen LogP contribution >= 0.6 is 0 Å². The lowest BCUT2D eigenvalue weighted by Crippen LogP contribution is -2.34. The number of rotatable bonds is 9. The van der Waals surface area contributed by atoms with E-state index in [0.717, 1.165) is 42.0 Å². The number of nitrogens with one attached hydrogen (secondary N) is 1. The lowest BCUT2D eigenvalue weighted by Gasteiger charge is -2.16. The fraction of sp³-hybridized carbons (Fsp3) is 0.385. The van der Waals surface area contributed by atoms with Crippen LogP contribution < -0.4 is 20.2 Å². The summed E-state index contributed by atoms with van der Waals surface area (Å²) < 4.78 is 12.9. The summed E-state index contributed by atoms with van der Waals surface area (Å²) in [7, 11) is 3.49. The Hall–Kier alpha value is -3.32. The molecule has 1 N–H and O–H groups in total. The Labute approximate surface area is 193 Å². The highest BCUT2D eigenvalue weighted by molar-refractivity contribution is 5.88. The van der Waals surface area contributed by atoms with Crippen molar-refractivity contribution in [2.24, 2.45) is 7.05 Å². The zero-order chi connectivity index (χ0) is 23.2. The first-order valence-electron chi connectivity index (χ1n) is 11.4. The molecule has 1 aromatic heterocycles. The number of nitrogens with zero attached hydrogens (tertiary/aromatic N) is 2. The first-order valence-corrected chi connectivity index (χ1v) is 11.4. The Morgan fingerprint density at radius 3 is 2.58 bits per heavy atom. The quantitative estimate of drug-likeness (QED) is 0.544. The van der Waals surface area contributed by atoms with E-state index in [1.165, 1.54) is 12.8 Å². The summed E-state index contributed by atoms with van der Waals surface area (Å²) in [6.45, 7) is 4.04. The molecule has 7 nitrogen and oxygen atoms in total. The van der Waals surface area contributed by atoms with E-state index in [1.807, 2.05) is 48.0 Å². The van der Waals surface area contributed by atoms with Gasteiger partial charge in [0.05, 0.1) is 25.2 Å². The molecule has 3 aromatic rings. The van der Waals surface area contributed by atoms with Crippen LogP contribution in [0.5, 0.6) is 11.5 Å². The minimum absolute atomic E-state index is 0.0334. The smallest absolute Gasteiger partial charge is 0.231 e. The van der Waals surface area contributed by atoms with Crippen LogP contribution in [0.4, 0.5) is 0 Å². The highest BCUT2D eigenvalue weighted by atomic mass is 16.5. The number of ether oxygens (including phenoxy) is 2. The minimum atomic E-state index is -0.173. The Balaban J connectivity index is 1.46. The van der Waals surface area contributed by atoms with Crippen LogP contribution in [0.3, 0.4) is 0 Å². The number of likely N-dealkylation sites (tertiary alicyclic amines) is 1. The van der Waals surface area contributed by atoms with Crippen LogP contribution in [0, 0.1) is 0 Å². The van der Waals surface area contributed by atoms with Gasteiger partial charge in [0.15, 0.2) is 5.75 Å². The van der Waals surface area contributed by atoms with Crippen molar-refractivity contribution in [3.63, 3.8) is 0 Å². The second kappa shape index (κ2) is 10.5. The molecule has 4 rings (SSSR count). The molecule has 2 aromatic carbocycles. The van der Waals surface area contributed by atoms with Gasteiger partial charge < -0.3 is 24.3 Å². The fourth-order valence-electron chi connectivity index (χ4n) is 4.35. The van der Waals surface area contributed by atoms with Crippen molar-refractivity contribution in [1.29, 1.82) is 0 Å². The molecule has 174 valence electrons. The van der Waals surface area contributed by atoms with Gasteiger partial charge in [0, 0.05) is 25.5 Å². The Bertz CT molecular complexity index is 1160. The molecule has 0 atom stereocenters. The maximum atomic E-state index is 13.1. The number of methoxy groups -OCH3 is 1. The number of fused-ring (bicyclic) bond motifs is 1. The van der Waals surface area contributed by atoms with E-state index in [1.54, 1.807) is 19.4 Å². The van der Waals surface area contributed by atoms with E-state index in [2.05, 4.69) is 10.2 Å². The first kappa shape index (κ1) is 22.9. The van der Waals surface area contributed by atoms with Gasteiger partial charge in [-0.15, -0.1) is 0 Å². The SMILES string of the molecule is COc1ccc(COc2cn(C)c3c(CC(=O)NCCN4CCCC4)cccc3c2=O)cc1. The van der Waals surface area contributed by atoms with Crippen LogP contribution in [-0.2, 0) is 24.9 Å². The minimum Gasteiger partial charge on any atom is -0.497 e. The van der Waals surface area contributed by atoms with Gasteiger partial charge >= 0.3 is 0 Å². The topological polar surface area (TPSA) is 72.8 Å². The normalized spacial score (nSPS) is 13.9. The van der Waals surface area contributed by atoms with Gasteiger partial charge in [0.25, 0.3) is 0 Å². The van der Waals surface area contributed by atoms with Crippen molar-refractivity contribution >= 4 is 16.8 Å². The van der Waals surface area contributed by atoms with Crippen molar-refractivity contribution in [3.8, 4) is 11.5 Å². The second-order valence-corrected chi connectivity index (χ2v) is 8.46. The maximum absolute atomic E-state index is 13.1. The number of hydrogen-bond donors (Lipinski definition) is 1. The number of carbonyl (C=O) groups is 1. The molecule has 0 radical (unpaired) electrons. The second-order valence-electron chi connectivity index (χ2n) is 8.46. The van der Waals surface area contributed by atoms with Gasteiger partial charge in [-0.25, -0.2) is 0 Å². The zero-order valence-electron chi connectivity index (χ0n) is 19.3. The lowest BCUT2D eigenvalue weighted by atomic mass is 10.1. The van der Waals surface area contributed by atoms with Crippen LogP contribution in [0.15, 0.2) is 53.5 Å². The molecule has 0 bridgehead atoms. The summed E-state index contributed by atoms with van der Waals surface area (Å²) in [5, 5.41) is 3.56. The van der Waals surface area contributed by atoms with Crippen LogP contribution in [-0.4, -0.2) is 48.7 Å². The fourth-order valence-corrected chi connectivity index (χ4v) is 4.35. The van der Waals surface area contributed by atoms with Gasteiger partial charge in [0.2, 0.25) is 11.3 Å². The maximum Gasteiger partial charge on any atom is 0.231 e. The van der Waals surface area contributed by atoms with Gasteiger partial charge in [-0.2, -0.15) is 0 Å². The molecule has 0 aliphatic carbocycles. The van der Waals surface area contributed by atoms with Crippen molar-refractivity contribution < 1.29 is 14.3 Å². The summed E-state index contributed by atoms with van der Waals surface area (Å²) in [5.74, 6) is 1.02. The number of benzene rings is 2. The lowest BCUT2D eigenvalue weighted by molar-refractivity contribution is -0.120. The van der Waals surface area contributed by atoms with Crippen LogP contribution in [0.25, 0.3) is 10.9 Å². The first-order chi connectivity index (χ1) is 16.0. The van der Waals surface area contributed by atoms with Crippen LogP contribution in [0.1, 0.15) is 24.0 Å². The third-order valence-electron chi connectivity index (χ3n) is 6.10. The number of amides is 1. The van der Waals surface area contributed by atoms with E-state index < -0.39 is 0 Å². The van der Waals surface area contributed by atoms with E-state index in [9.17, 15) is 9.59 Å². The molecule has 0 unspecified atom stereocenters. The number of carbonyl (C=O) groups excluding carboxylic acids is 1. The van der Waals surface area contributed by atoms with E-state index >= 15 is 0 Å². The number of hydrogen-bond acceptors (Lipinski definition) is 5. The van der Waals surface area contributed by atoms with Crippen molar-refractivity contribution in [2.45, 2.75) is 25.9 Å².